The van der Waals surface area contributed by atoms with Crippen molar-refractivity contribution in [2.45, 2.75) is 25.8 Å². The van der Waals surface area contributed by atoms with E-state index in [0.717, 1.165) is 16.8 Å². The van der Waals surface area contributed by atoms with E-state index in [1.54, 1.807) is 0 Å². The number of hydrogen-bond donors (Lipinski definition) is 3. The second-order valence-electron chi connectivity index (χ2n) is 4.34. The molecule has 0 spiro atoms. The number of hydrogen-bond acceptors (Lipinski definition) is 3. The fraction of sp³-hybridized carbons (Fsp3) is 0.364. The molecule has 0 unspecified atom stereocenters. The average molecular weight is 205 g/mol. The molecule has 0 saturated heterocycles. The molecule has 0 bridgehead atoms. The minimum atomic E-state index is -0.445. The molecule has 0 atom stereocenters. The third-order valence-corrected chi connectivity index (χ3v) is 2.88. The zero-order valence-corrected chi connectivity index (χ0v) is 8.92. The Balaban J connectivity index is 2.45. The molecule has 1 heterocycles. The van der Waals surface area contributed by atoms with Gasteiger partial charge in [-0.25, -0.2) is 0 Å². The third kappa shape index (κ3) is 1.52. The van der Waals surface area contributed by atoms with Crippen molar-refractivity contribution in [1.29, 1.82) is 0 Å². The van der Waals surface area contributed by atoms with Crippen molar-refractivity contribution in [2.24, 2.45) is 5.84 Å². The van der Waals surface area contributed by atoms with E-state index in [0.29, 0.717) is 6.54 Å². The van der Waals surface area contributed by atoms with Crippen LogP contribution in [0.1, 0.15) is 25.0 Å². The highest BCUT2D eigenvalue weighted by molar-refractivity contribution is 6.05. The zero-order chi connectivity index (χ0) is 11.1. The maximum atomic E-state index is 11.7. The Morgan fingerprint density at radius 2 is 2.20 bits per heavy atom. The van der Waals surface area contributed by atoms with Gasteiger partial charge in [-0.2, -0.15) is 0 Å². The SMILES string of the molecule is CC1(C)C(=O)Nc2ccc(CNN)cc21. The van der Waals surface area contributed by atoms with E-state index in [-0.39, 0.29) is 5.91 Å². The molecule has 0 fully saturated rings. The molecule has 0 aliphatic carbocycles. The first-order valence-electron chi connectivity index (χ1n) is 4.94. The van der Waals surface area contributed by atoms with Crippen LogP contribution in [-0.2, 0) is 16.8 Å². The van der Waals surface area contributed by atoms with Crippen molar-refractivity contribution in [3.8, 4) is 0 Å². The molecule has 0 aromatic heterocycles. The first-order chi connectivity index (χ1) is 7.05. The van der Waals surface area contributed by atoms with Gasteiger partial charge in [0.15, 0.2) is 0 Å². The van der Waals surface area contributed by atoms with Crippen LogP contribution in [0.15, 0.2) is 18.2 Å². The Morgan fingerprint density at radius 1 is 1.47 bits per heavy atom. The van der Waals surface area contributed by atoms with Crippen LogP contribution >= 0.6 is 0 Å². The van der Waals surface area contributed by atoms with Gasteiger partial charge in [-0.15, -0.1) is 0 Å². The lowest BCUT2D eigenvalue weighted by molar-refractivity contribution is -0.119. The zero-order valence-electron chi connectivity index (χ0n) is 8.92. The van der Waals surface area contributed by atoms with Gasteiger partial charge in [-0.05, 0) is 31.0 Å². The van der Waals surface area contributed by atoms with E-state index < -0.39 is 5.41 Å². The van der Waals surface area contributed by atoms with Crippen LogP contribution in [0.5, 0.6) is 0 Å². The summed E-state index contributed by atoms with van der Waals surface area (Å²) in [6.45, 7) is 4.46. The number of carbonyl (C=O) groups excluding carboxylic acids is 1. The predicted octanol–water partition coefficient (Wildman–Crippen LogP) is 0.880. The predicted molar refractivity (Wildman–Crippen MR) is 59.1 cm³/mol. The maximum Gasteiger partial charge on any atom is 0.234 e. The molecule has 1 aromatic rings. The van der Waals surface area contributed by atoms with Crippen molar-refractivity contribution in [3.63, 3.8) is 0 Å². The molecule has 4 heteroatoms. The quantitative estimate of drug-likeness (QED) is 0.496. The summed E-state index contributed by atoms with van der Waals surface area (Å²) in [6.07, 6.45) is 0. The molecule has 1 amide bonds. The molecule has 4 nitrogen and oxygen atoms in total. The van der Waals surface area contributed by atoms with Gasteiger partial charge in [-0.1, -0.05) is 12.1 Å². The Labute approximate surface area is 88.8 Å². The first-order valence-corrected chi connectivity index (χ1v) is 4.94. The highest BCUT2D eigenvalue weighted by Crippen LogP contribution is 2.37. The second kappa shape index (κ2) is 3.32. The number of hydrazine groups is 1. The normalized spacial score (nSPS) is 17.4. The van der Waals surface area contributed by atoms with Crippen LogP contribution in [0.25, 0.3) is 0 Å². The lowest BCUT2D eigenvalue weighted by Crippen LogP contribution is -2.27. The molecule has 0 saturated carbocycles. The van der Waals surface area contributed by atoms with E-state index in [9.17, 15) is 4.79 Å². The van der Waals surface area contributed by atoms with Crippen molar-refractivity contribution < 1.29 is 4.79 Å². The summed E-state index contributed by atoms with van der Waals surface area (Å²) in [7, 11) is 0. The van der Waals surface area contributed by atoms with Gasteiger partial charge in [0.05, 0.1) is 5.41 Å². The molecule has 1 aliphatic rings. The number of nitrogens with one attached hydrogen (secondary N) is 2. The molecule has 0 radical (unpaired) electrons. The molecular formula is C11H15N3O. The molecule has 2 rings (SSSR count). The third-order valence-electron chi connectivity index (χ3n) is 2.88. The molecular weight excluding hydrogens is 190 g/mol. The first kappa shape index (κ1) is 10.1. The summed E-state index contributed by atoms with van der Waals surface area (Å²) in [5, 5.41) is 2.87. The van der Waals surface area contributed by atoms with Gasteiger partial charge in [-0.3, -0.25) is 16.1 Å². The van der Waals surface area contributed by atoms with Gasteiger partial charge in [0.25, 0.3) is 0 Å². The number of nitrogens with two attached hydrogens (primary N) is 1. The standard InChI is InChI=1S/C11H15N3O/c1-11(2)8-5-7(6-13-12)3-4-9(8)14-10(11)15/h3-5,13H,6,12H2,1-2H3,(H,14,15). The number of benzene rings is 1. The Hall–Kier alpha value is -1.39. The molecule has 15 heavy (non-hydrogen) atoms. The molecule has 4 N–H and O–H groups in total. The van der Waals surface area contributed by atoms with E-state index >= 15 is 0 Å². The lowest BCUT2D eigenvalue weighted by atomic mass is 9.85. The minimum Gasteiger partial charge on any atom is -0.325 e. The van der Waals surface area contributed by atoms with E-state index in [1.807, 2.05) is 32.0 Å². The Kier molecular flexibility index (Phi) is 2.25. The van der Waals surface area contributed by atoms with Gasteiger partial charge in [0.1, 0.15) is 0 Å². The summed E-state index contributed by atoms with van der Waals surface area (Å²) in [5.74, 6) is 5.32. The van der Waals surface area contributed by atoms with Gasteiger partial charge < -0.3 is 5.32 Å². The number of fused-ring (bicyclic) bond motifs is 1. The van der Waals surface area contributed by atoms with Crippen molar-refractivity contribution in [2.75, 3.05) is 5.32 Å². The molecule has 80 valence electrons. The molecule has 1 aliphatic heterocycles. The van der Waals surface area contributed by atoms with Crippen LogP contribution in [0, 0.1) is 0 Å². The highest BCUT2D eigenvalue weighted by atomic mass is 16.2. The Bertz CT molecular complexity index is 412. The summed E-state index contributed by atoms with van der Waals surface area (Å²) in [4.78, 5) is 11.7. The van der Waals surface area contributed by atoms with Crippen LogP contribution in [0.4, 0.5) is 5.69 Å². The van der Waals surface area contributed by atoms with Crippen molar-refractivity contribution in [1.82, 2.24) is 5.43 Å². The summed E-state index contributed by atoms with van der Waals surface area (Å²) >= 11 is 0. The fourth-order valence-corrected chi connectivity index (χ4v) is 1.85. The van der Waals surface area contributed by atoms with Crippen LogP contribution < -0.4 is 16.6 Å². The monoisotopic (exact) mass is 205 g/mol. The fourth-order valence-electron chi connectivity index (χ4n) is 1.85. The number of amides is 1. The van der Waals surface area contributed by atoms with Crippen molar-refractivity contribution >= 4 is 11.6 Å². The summed E-state index contributed by atoms with van der Waals surface area (Å²) in [5.41, 5.74) is 5.20. The smallest absolute Gasteiger partial charge is 0.234 e. The number of anilines is 1. The largest absolute Gasteiger partial charge is 0.325 e. The lowest BCUT2D eigenvalue weighted by Gasteiger charge is -2.15. The average Bonchev–Trinajstić information content (AvgIpc) is 2.40. The van der Waals surface area contributed by atoms with Crippen LogP contribution in [-0.4, -0.2) is 5.91 Å². The van der Waals surface area contributed by atoms with E-state index in [2.05, 4.69) is 10.7 Å². The highest BCUT2D eigenvalue weighted by Gasteiger charge is 2.38. The van der Waals surface area contributed by atoms with Gasteiger partial charge >= 0.3 is 0 Å². The van der Waals surface area contributed by atoms with Gasteiger partial charge in [0.2, 0.25) is 5.91 Å². The van der Waals surface area contributed by atoms with Crippen molar-refractivity contribution in [3.05, 3.63) is 29.3 Å². The topological polar surface area (TPSA) is 67.2 Å². The maximum absolute atomic E-state index is 11.7. The minimum absolute atomic E-state index is 0.0513. The van der Waals surface area contributed by atoms with Crippen LogP contribution in [0.2, 0.25) is 0 Å². The Morgan fingerprint density at radius 3 is 2.87 bits per heavy atom. The van der Waals surface area contributed by atoms with Gasteiger partial charge in [0, 0.05) is 12.2 Å². The van der Waals surface area contributed by atoms with Crippen LogP contribution in [0.3, 0.4) is 0 Å². The number of carbonyl (C=O) groups is 1. The number of rotatable bonds is 2. The summed E-state index contributed by atoms with van der Waals surface area (Å²) < 4.78 is 0. The summed E-state index contributed by atoms with van der Waals surface area (Å²) in [6, 6.07) is 5.90. The second-order valence-corrected chi connectivity index (χ2v) is 4.34. The molecule has 1 aromatic carbocycles. The van der Waals surface area contributed by atoms with E-state index in [4.69, 9.17) is 5.84 Å². The van der Waals surface area contributed by atoms with E-state index in [1.165, 1.54) is 0 Å².